The number of thioether (sulfide) groups is 1. The van der Waals surface area contributed by atoms with Crippen LogP contribution in [-0.2, 0) is 14.3 Å². The molecule has 0 N–H and O–H groups in total. The summed E-state index contributed by atoms with van der Waals surface area (Å²) in [5.74, 6) is 0.629. The second-order valence-corrected chi connectivity index (χ2v) is 9.52. The summed E-state index contributed by atoms with van der Waals surface area (Å²) >= 11 is 1.43. The van der Waals surface area contributed by atoms with Crippen molar-refractivity contribution in [3.63, 3.8) is 0 Å². The first-order valence-electron chi connectivity index (χ1n) is 11.8. The lowest BCUT2D eigenvalue weighted by molar-refractivity contribution is -0.145. The Morgan fingerprint density at radius 1 is 1.12 bits per heavy atom. The Kier molecular flexibility index (Phi) is 8.06. The minimum atomic E-state index is -0.399. The highest BCUT2D eigenvalue weighted by atomic mass is 32.2. The van der Waals surface area contributed by atoms with Crippen molar-refractivity contribution in [1.29, 1.82) is 0 Å². The average molecular weight is 479 g/mol. The fourth-order valence-electron chi connectivity index (χ4n) is 4.31. The molecule has 0 spiro atoms. The van der Waals surface area contributed by atoms with E-state index in [1.807, 2.05) is 53.4 Å². The molecule has 0 radical (unpaired) electrons. The fraction of sp³-hybridized carbons (Fsp3) is 0.370. The first-order chi connectivity index (χ1) is 16.5. The van der Waals surface area contributed by atoms with Gasteiger partial charge in [-0.2, -0.15) is 0 Å². The lowest BCUT2D eigenvalue weighted by Gasteiger charge is -2.35. The van der Waals surface area contributed by atoms with Crippen LogP contribution in [0.2, 0.25) is 0 Å². The normalized spacial score (nSPS) is 22.9. The summed E-state index contributed by atoms with van der Waals surface area (Å²) in [7, 11) is 0. The quantitative estimate of drug-likeness (QED) is 0.371. The lowest BCUT2D eigenvalue weighted by atomic mass is 9.85. The zero-order chi connectivity index (χ0) is 23.9. The first kappa shape index (κ1) is 24.1. The Morgan fingerprint density at radius 3 is 2.56 bits per heavy atom. The van der Waals surface area contributed by atoms with Gasteiger partial charge in [0.1, 0.15) is 5.75 Å². The molecule has 2 aromatic carbocycles. The van der Waals surface area contributed by atoms with Crippen LogP contribution >= 0.6 is 11.8 Å². The van der Waals surface area contributed by atoms with Crippen LogP contribution in [0.3, 0.4) is 0 Å². The largest absolute Gasteiger partial charge is 0.482 e. The highest BCUT2D eigenvalue weighted by Crippen LogP contribution is 2.40. The van der Waals surface area contributed by atoms with Gasteiger partial charge >= 0.3 is 5.97 Å². The van der Waals surface area contributed by atoms with Gasteiger partial charge in [-0.3, -0.25) is 9.69 Å². The van der Waals surface area contributed by atoms with Gasteiger partial charge in [-0.05, 0) is 73.4 Å². The molecule has 1 aliphatic heterocycles. The summed E-state index contributed by atoms with van der Waals surface area (Å²) in [6.45, 7) is 4.19. The van der Waals surface area contributed by atoms with E-state index in [-0.39, 0.29) is 18.6 Å². The molecule has 1 aliphatic carbocycles. The number of nitrogens with zero attached hydrogens (tertiary/aromatic N) is 2. The van der Waals surface area contributed by atoms with Crippen molar-refractivity contribution >= 4 is 40.6 Å². The minimum absolute atomic E-state index is 0.0149. The Morgan fingerprint density at radius 2 is 1.85 bits per heavy atom. The summed E-state index contributed by atoms with van der Waals surface area (Å²) in [6, 6.07) is 17.3. The second-order valence-electron chi connectivity index (χ2n) is 8.51. The molecular weight excluding hydrogens is 448 g/mol. The number of carbonyl (C=O) groups is 2. The summed E-state index contributed by atoms with van der Waals surface area (Å²) in [6.07, 6.45) is 6.38. The van der Waals surface area contributed by atoms with Crippen molar-refractivity contribution < 1.29 is 19.1 Å². The van der Waals surface area contributed by atoms with Crippen molar-refractivity contribution in [2.75, 3.05) is 13.2 Å². The molecule has 34 heavy (non-hydrogen) atoms. The molecule has 7 heteroatoms. The van der Waals surface area contributed by atoms with Crippen LogP contribution < -0.4 is 4.74 Å². The van der Waals surface area contributed by atoms with Crippen molar-refractivity contribution in [2.45, 2.75) is 45.6 Å². The van der Waals surface area contributed by atoms with Crippen LogP contribution in [-0.4, -0.2) is 41.2 Å². The van der Waals surface area contributed by atoms with Crippen LogP contribution in [0.15, 0.2) is 64.5 Å². The molecule has 2 atom stereocenters. The van der Waals surface area contributed by atoms with Crippen LogP contribution in [0.25, 0.3) is 6.08 Å². The van der Waals surface area contributed by atoms with Gasteiger partial charge in [-0.1, -0.05) is 50.1 Å². The average Bonchev–Trinajstić information content (AvgIpc) is 3.14. The maximum Gasteiger partial charge on any atom is 0.344 e. The third-order valence-corrected chi connectivity index (χ3v) is 7.04. The zero-order valence-electron chi connectivity index (χ0n) is 19.6. The summed E-state index contributed by atoms with van der Waals surface area (Å²) in [5.41, 5.74) is 1.73. The van der Waals surface area contributed by atoms with E-state index in [1.165, 1.54) is 18.2 Å². The molecule has 4 rings (SSSR count). The zero-order valence-corrected chi connectivity index (χ0v) is 20.4. The molecule has 2 aromatic rings. The van der Waals surface area contributed by atoms with Gasteiger partial charge in [0.15, 0.2) is 11.8 Å². The number of benzene rings is 2. The molecular formula is C27H30N2O4S. The topological polar surface area (TPSA) is 68.2 Å². The maximum absolute atomic E-state index is 13.5. The molecule has 1 amide bonds. The number of hydrogen-bond acceptors (Lipinski definition) is 6. The highest BCUT2D eigenvalue weighted by Gasteiger charge is 2.41. The monoisotopic (exact) mass is 478 g/mol. The smallest absolute Gasteiger partial charge is 0.344 e. The van der Waals surface area contributed by atoms with E-state index in [1.54, 1.807) is 19.1 Å². The Bertz CT molecular complexity index is 1070. The van der Waals surface area contributed by atoms with Crippen molar-refractivity contribution in [1.82, 2.24) is 4.90 Å². The number of hydrogen-bond donors (Lipinski definition) is 0. The number of esters is 1. The number of amidine groups is 1. The first-order valence-corrected chi connectivity index (χ1v) is 12.6. The van der Waals surface area contributed by atoms with E-state index in [0.717, 1.165) is 35.7 Å². The van der Waals surface area contributed by atoms with Crippen LogP contribution in [0.4, 0.5) is 5.69 Å². The Hall–Kier alpha value is -3.06. The molecule has 2 aliphatic rings. The lowest BCUT2D eigenvalue weighted by Crippen LogP contribution is -2.44. The number of amides is 1. The van der Waals surface area contributed by atoms with E-state index in [4.69, 9.17) is 14.5 Å². The predicted octanol–water partition coefficient (Wildman–Crippen LogP) is 5.81. The van der Waals surface area contributed by atoms with Gasteiger partial charge in [0, 0.05) is 6.04 Å². The van der Waals surface area contributed by atoms with E-state index in [0.29, 0.717) is 23.2 Å². The molecule has 0 unspecified atom stereocenters. The molecule has 2 fully saturated rings. The van der Waals surface area contributed by atoms with Gasteiger partial charge in [0.2, 0.25) is 0 Å². The van der Waals surface area contributed by atoms with Gasteiger partial charge < -0.3 is 9.47 Å². The Balaban J connectivity index is 1.55. The molecule has 178 valence electrons. The number of carbonyl (C=O) groups excluding carboxylic acids is 2. The van der Waals surface area contributed by atoms with Crippen molar-refractivity contribution in [3.05, 3.63) is 65.1 Å². The van der Waals surface area contributed by atoms with E-state index >= 15 is 0 Å². The maximum atomic E-state index is 13.5. The standard InChI is InChI=1S/C27H30N2O4S/c1-3-32-25(30)18-33-22-15-13-20(14-16-22)17-24-26(31)29(23-12-8-7-9-19(23)2)27(34-24)28-21-10-5-4-6-11-21/h4-6,10-11,13-17,19,23H,3,7-9,12,18H2,1-2H3/b24-17-,28-27?/t19-,23-/m0/s1. The summed E-state index contributed by atoms with van der Waals surface area (Å²) in [5, 5.41) is 0.746. The highest BCUT2D eigenvalue weighted by molar-refractivity contribution is 8.18. The number of para-hydroxylation sites is 1. The predicted molar refractivity (Wildman–Crippen MR) is 136 cm³/mol. The number of ether oxygens (including phenoxy) is 2. The fourth-order valence-corrected chi connectivity index (χ4v) is 5.35. The van der Waals surface area contributed by atoms with Crippen molar-refractivity contribution in [3.8, 4) is 5.75 Å². The third kappa shape index (κ3) is 5.89. The van der Waals surface area contributed by atoms with E-state index in [2.05, 4.69) is 6.92 Å². The molecule has 1 saturated heterocycles. The SMILES string of the molecule is CCOC(=O)COc1ccc(/C=C2\SC(=Nc3ccccc3)N([C@H]3CCCC[C@@H]3C)C2=O)cc1. The van der Waals surface area contributed by atoms with Crippen LogP contribution in [0.5, 0.6) is 5.75 Å². The van der Waals surface area contributed by atoms with Crippen LogP contribution in [0.1, 0.15) is 45.1 Å². The number of rotatable bonds is 7. The molecule has 6 nitrogen and oxygen atoms in total. The molecule has 1 heterocycles. The molecule has 0 bridgehead atoms. The van der Waals surface area contributed by atoms with E-state index < -0.39 is 5.97 Å². The van der Waals surface area contributed by atoms with Gasteiger partial charge in [0.05, 0.1) is 17.2 Å². The second kappa shape index (κ2) is 11.4. The molecule has 0 aromatic heterocycles. The number of aliphatic imine (C=N–C) groups is 1. The molecule has 1 saturated carbocycles. The van der Waals surface area contributed by atoms with Gasteiger partial charge in [0.25, 0.3) is 5.91 Å². The minimum Gasteiger partial charge on any atom is -0.482 e. The summed E-state index contributed by atoms with van der Waals surface area (Å²) < 4.78 is 10.3. The van der Waals surface area contributed by atoms with Crippen molar-refractivity contribution in [2.24, 2.45) is 10.9 Å². The van der Waals surface area contributed by atoms with Gasteiger partial charge in [-0.15, -0.1) is 0 Å². The van der Waals surface area contributed by atoms with Gasteiger partial charge in [-0.25, -0.2) is 9.79 Å². The third-order valence-electron chi connectivity index (χ3n) is 6.06. The summed E-state index contributed by atoms with van der Waals surface area (Å²) in [4.78, 5) is 32.4. The van der Waals surface area contributed by atoms with Crippen LogP contribution in [0, 0.1) is 5.92 Å². The Labute approximate surface area is 205 Å². The van der Waals surface area contributed by atoms with E-state index in [9.17, 15) is 9.59 Å².